The molecule has 3 rings (SSSR count). The van der Waals surface area contributed by atoms with Crippen molar-refractivity contribution in [2.24, 2.45) is 11.8 Å². The molecule has 3 N–H and O–H groups in total. The van der Waals surface area contributed by atoms with Gasteiger partial charge in [0.25, 0.3) is 0 Å². The third-order valence-electron chi connectivity index (χ3n) is 4.14. The van der Waals surface area contributed by atoms with Crippen molar-refractivity contribution in [1.29, 1.82) is 0 Å². The number of nitrogens with one attached hydrogen (secondary N) is 1. The summed E-state index contributed by atoms with van der Waals surface area (Å²) in [6, 6.07) is 19.0. The van der Waals surface area contributed by atoms with Crippen LogP contribution in [0.5, 0.6) is 0 Å². The van der Waals surface area contributed by atoms with E-state index in [0.717, 1.165) is 11.4 Å². The molecule has 0 aliphatic heterocycles. The van der Waals surface area contributed by atoms with Crippen LogP contribution in [0.25, 0.3) is 0 Å². The highest BCUT2D eigenvalue weighted by atomic mass is 35.5. The standard InChI is InChI=1S/C17H19ClN2/c18-14-8-4-5-12(9-14)10-17(20-19)16-11-15(16)13-6-2-1-3-7-13/h1-9,15-17,20H,10-11,19H2. The van der Waals surface area contributed by atoms with Crippen molar-refractivity contribution in [2.45, 2.75) is 24.8 Å². The second-order valence-corrected chi connectivity index (χ2v) is 5.96. The molecule has 104 valence electrons. The van der Waals surface area contributed by atoms with Crippen molar-refractivity contribution in [1.82, 2.24) is 5.43 Å². The molecular weight excluding hydrogens is 268 g/mol. The first-order valence-electron chi connectivity index (χ1n) is 7.03. The Balaban J connectivity index is 1.67. The summed E-state index contributed by atoms with van der Waals surface area (Å²) in [5, 5.41) is 0.786. The average Bonchev–Trinajstić information content (AvgIpc) is 3.26. The summed E-state index contributed by atoms with van der Waals surface area (Å²) >= 11 is 6.04. The molecular formula is C17H19ClN2. The summed E-state index contributed by atoms with van der Waals surface area (Å²) in [7, 11) is 0. The molecule has 1 aliphatic rings. The lowest BCUT2D eigenvalue weighted by Crippen LogP contribution is -2.38. The minimum atomic E-state index is 0.304. The van der Waals surface area contributed by atoms with Crippen LogP contribution in [0.1, 0.15) is 23.5 Å². The lowest BCUT2D eigenvalue weighted by Gasteiger charge is -2.16. The number of benzene rings is 2. The second kappa shape index (κ2) is 5.96. The van der Waals surface area contributed by atoms with Gasteiger partial charge in [0.2, 0.25) is 0 Å². The van der Waals surface area contributed by atoms with Crippen LogP contribution in [0.15, 0.2) is 54.6 Å². The fraction of sp³-hybridized carbons (Fsp3) is 0.294. The molecule has 0 saturated heterocycles. The van der Waals surface area contributed by atoms with Crippen molar-refractivity contribution in [3.63, 3.8) is 0 Å². The maximum absolute atomic E-state index is 6.04. The van der Waals surface area contributed by atoms with Gasteiger partial charge in [-0.05, 0) is 47.9 Å². The summed E-state index contributed by atoms with van der Waals surface area (Å²) in [4.78, 5) is 0. The zero-order valence-corrected chi connectivity index (χ0v) is 12.1. The maximum Gasteiger partial charge on any atom is 0.0408 e. The largest absolute Gasteiger partial charge is 0.271 e. The van der Waals surface area contributed by atoms with Crippen LogP contribution in [0.2, 0.25) is 5.02 Å². The van der Waals surface area contributed by atoms with Crippen molar-refractivity contribution >= 4 is 11.6 Å². The lowest BCUT2D eigenvalue weighted by atomic mass is 9.99. The summed E-state index contributed by atoms with van der Waals surface area (Å²) in [6.07, 6.45) is 2.13. The van der Waals surface area contributed by atoms with Crippen LogP contribution in [0, 0.1) is 5.92 Å². The Bertz CT molecular complexity index is 570. The Hall–Kier alpha value is -1.35. The van der Waals surface area contributed by atoms with Gasteiger partial charge >= 0.3 is 0 Å². The molecule has 3 atom stereocenters. The highest BCUT2D eigenvalue weighted by Crippen LogP contribution is 2.49. The number of hydrogen-bond donors (Lipinski definition) is 2. The van der Waals surface area contributed by atoms with Crippen LogP contribution in [0.4, 0.5) is 0 Å². The lowest BCUT2D eigenvalue weighted by molar-refractivity contribution is 0.464. The van der Waals surface area contributed by atoms with Gasteiger partial charge in [-0.3, -0.25) is 11.3 Å². The molecule has 0 spiro atoms. The molecule has 1 fully saturated rings. The first kappa shape index (κ1) is 13.6. The van der Waals surface area contributed by atoms with E-state index in [9.17, 15) is 0 Å². The summed E-state index contributed by atoms with van der Waals surface area (Å²) in [6.45, 7) is 0. The van der Waals surface area contributed by atoms with Crippen molar-refractivity contribution in [3.8, 4) is 0 Å². The van der Waals surface area contributed by atoms with E-state index < -0.39 is 0 Å². The number of hydrogen-bond acceptors (Lipinski definition) is 2. The molecule has 0 bridgehead atoms. The van der Waals surface area contributed by atoms with Gasteiger partial charge in [-0.15, -0.1) is 0 Å². The van der Waals surface area contributed by atoms with Crippen LogP contribution < -0.4 is 11.3 Å². The Morgan fingerprint density at radius 1 is 1.15 bits per heavy atom. The SMILES string of the molecule is NNC(Cc1cccc(Cl)c1)C1CC1c1ccccc1. The van der Waals surface area contributed by atoms with E-state index >= 15 is 0 Å². The molecule has 3 unspecified atom stereocenters. The summed E-state index contributed by atoms with van der Waals surface area (Å²) in [5.41, 5.74) is 5.64. The van der Waals surface area contributed by atoms with E-state index in [2.05, 4.69) is 41.8 Å². The molecule has 1 saturated carbocycles. The van der Waals surface area contributed by atoms with E-state index in [-0.39, 0.29) is 0 Å². The molecule has 0 heterocycles. The van der Waals surface area contributed by atoms with Crippen molar-refractivity contribution in [3.05, 3.63) is 70.7 Å². The predicted molar refractivity (Wildman–Crippen MR) is 83.6 cm³/mol. The number of nitrogens with two attached hydrogens (primary N) is 1. The molecule has 0 amide bonds. The summed E-state index contributed by atoms with van der Waals surface area (Å²) in [5.74, 6) is 7.00. The zero-order valence-electron chi connectivity index (χ0n) is 11.3. The molecule has 0 radical (unpaired) electrons. The Morgan fingerprint density at radius 3 is 2.65 bits per heavy atom. The molecule has 20 heavy (non-hydrogen) atoms. The van der Waals surface area contributed by atoms with Crippen LogP contribution in [-0.4, -0.2) is 6.04 Å². The highest BCUT2D eigenvalue weighted by molar-refractivity contribution is 6.30. The van der Waals surface area contributed by atoms with Crippen molar-refractivity contribution in [2.75, 3.05) is 0 Å². The molecule has 3 heteroatoms. The molecule has 1 aliphatic carbocycles. The molecule has 0 aromatic heterocycles. The Kier molecular flexibility index (Phi) is 4.06. The Labute approximate surface area is 124 Å². The minimum Gasteiger partial charge on any atom is -0.271 e. The summed E-state index contributed by atoms with van der Waals surface area (Å²) < 4.78 is 0. The van der Waals surface area contributed by atoms with Gasteiger partial charge in [0, 0.05) is 11.1 Å². The van der Waals surface area contributed by atoms with E-state index in [1.54, 1.807) is 0 Å². The molecule has 2 aromatic carbocycles. The average molecular weight is 287 g/mol. The quantitative estimate of drug-likeness (QED) is 0.652. The second-order valence-electron chi connectivity index (χ2n) is 5.52. The van der Waals surface area contributed by atoms with Crippen LogP contribution in [0.3, 0.4) is 0 Å². The van der Waals surface area contributed by atoms with E-state index in [1.165, 1.54) is 17.5 Å². The Morgan fingerprint density at radius 2 is 1.95 bits per heavy atom. The van der Waals surface area contributed by atoms with E-state index in [0.29, 0.717) is 17.9 Å². The van der Waals surface area contributed by atoms with Gasteiger partial charge < -0.3 is 0 Å². The van der Waals surface area contributed by atoms with Crippen molar-refractivity contribution < 1.29 is 0 Å². The van der Waals surface area contributed by atoms with E-state index in [4.69, 9.17) is 17.4 Å². The fourth-order valence-corrected chi connectivity index (χ4v) is 3.21. The van der Waals surface area contributed by atoms with Crippen LogP contribution >= 0.6 is 11.6 Å². The number of hydrazine groups is 1. The van der Waals surface area contributed by atoms with Gasteiger partial charge in [0.15, 0.2) is 0 Å². The normalized spacial score (nSPS) is 22.5. The van der Waals surface area contributed by atoms with Gasteiger partial charge in [-0.25, -0.2) is 0 Å². The first-order valence-corrected chi connectivity index (χ1v) is 7.41. The topological polar surface area (TPSA) is 38.0 Å². The smallest absolute Gasteiger partial charge is 0.0408 e. The van der Waals surface area contributed by atoms with Crippen LogP contribution in [-0.2, 0) is 6.42 Å². The first-order chi connectivity index (χ1) is 9.78. The van der Waals surface area contributed by atoms with Gasteiger partial charge in [0.1, 0.15) is 0 Å². The zero-order chi connectivity index (χ0) is 13.9. The van der Waals surface area contributed by atoms with E-state index in [1.807, 2.05) is 18.2 Å². The molecule has 2 aromatic rings. The minimum absolute atomic E-state index is 0.304. The fourth-order valence-electron chi connectivity index (χ4n) is 2.99. The number of halogens is 1. The van der Waals surface area contributed by atoms with Gasteiger partial charge in [-0.2, -0.15) is 0 Å². The maximum atomic E-state index is 6.04. The third kappa shape index (κ3) is 3.04. The highest BCUT2D eigenvalue weighted by Gasteiger charge is 2.43. The predicted octanol–water partition coefficient (Wildman–Crippen LogP) is 3.52. The van der Waals surface area contributed by atoms with Gasteiger partial charge in [0.05, 0.1) is 0 Å². The number of rotatable bonds is 5. The van der Waals surface area contributed by atoms with Gasteiger partial charge in [-0.1, -0.05) is 54.1 Å². The third-order valence-corrected chi connectivity index (χ3v) is 4.38. The monoisotopic (exact) mass is 286 g/mol. The molecule has 2 nitrogen and oxygen atoms in total.